The maximum atomic E-state index is 5.53. The summed E-state index contributed by atoms with van der Waals surface area (Å²) in [5, 5.41) is 0. The first kappa shape index (κ1) is 13.1. The summed E-state index contributed by atoms with van der Waals surface area (Å²) in [7, 11) is -2.56. The first-order valence-electron chi connectivity index (χ1n) is 4.92. The molecule has 13 heavy (non-hydrogen) atoms. The van der Waals surface area contributed by atoms with E-state index in [1.807, 2.05) is 13.8 Å². The fourth-order valence-corrected chi connectivity index (χ4v) is 4.77. The first-order valence-corrected chi connectivity index (χ1v) is 10.1. The highest BCUT2D eigenvalue weighted by molar-refractivity contribution is 6.81. The van der Waals surface area contributed by atoms with E-state index in [1.54, 1.807) is 0 Å². The first-order chi connectivity index (χ1) is 5.99. The Balaban J connectivity index is 4.00. The molecule has 0 aromatic heterocycles. The predicted octanol–water partition coefficient (Wildman–Crippen LogP) is 2.25. The topological polar surface area (TPSA) is 18.5 Å². The van der Waals surface area contributed by atoms with Gasteiger partial charge in [0.1, 0.15) is 0 Å². The Kier molecular flexibility index (Phi) is 6.58. The van der Waals surface area contributed by atoms with Gasteiger partial charge in [-0.3, -0.25) is 0 Å². The van der Waals surface area contributed by atoms with Crippen LogP contribution in [0.4, 0.5) is 0 Å². The van der Waals surface area contributed by atoms with E-state index in [-0.39, 0.29) is 0 Å². The van der Waals surface area contributed by atoms with Gasteiger partial charge in [-0.2, -0.15) is 0 Å². The van der Waals surface area contributed by atoms with Crippen LogP contribution in [-0.2, 0) is 8.85 Å². The Morgan fingerprint density at radius 3 is 1.85 bits per heavy atom. The average molecular weight is 218 g/mol. The van der Waals surface area contributed by atoms with E-state index in [1.165, 1.54) is 0 Å². The Labute approximate surface area is 84.8 Å². The zero-order chi connectivity index (χ0) is 10.3. The Bertz CT molecular complexity index is 146. The van der Waals surface area contributed by atoms with Gasteiger partial charge in [0.15, 0.2) is 0 Å². The molecule has 0 aliphatic rings. The minimum absolute atomic E-state index is 0.757. The average Bonchev–Trinajstić information content (AvgIpc) is 2.00. The fraction of sp³-hybridized carbons (Fsp3) is 0.778. The van der Waals surface area contributed by atoms with E-state index >= 15 is 0 Å². The second kappa shape index (κ2) is 6.53. The summed E-state index contributed by atoms with van der Waals surface area (Å²) < 4.78 is 11.1. The highest BCUT2D eigenvalue weighted by Crippen LogP contribution is 2.03. The molecule has 0 aromatic carbocycles. The number of hydrogen-bond donors (Lipinski definition) is 0. The molecular formula is C9H22O2Si2. The van der Waals surface area contributed by atoms with Gasteiger partial charge in [-0.05, 0) is 13.8 Å². The van der Waals surface area contributed by atoms with Crippen molar-refractivity contribution in [3.8, 4) is 0 Å². The molecule has 0 amide bonds. The van der Waals surface area contributed by atoms with Gasteiger partial charge in [0.2, 0.25) is 0 Å². The molecule has 2 nitrogen and oxygen atoms in total. The summed E-state index contributed by atoms with van der Waals surface area (Å²) in [6.07, 6.45) is 0. The van der Waals surface area contributed by atoms with Crippen molar-refractivity contribution in [2.75, 3.05) is 13.2 Å². The smallest absolute Gasteiger partial charge is 0.347 e. The molecule has 0 aliphatic heterocycles. The highest BCUT2D eigenvalue weighted by Gasteiger charge is 2.11. The van der Waals surface area contributed by atoms with Crippen molar-refractivity contribution < 1.29 is 8.85 Å². The molecule has 0 saturated carbocycles. The molecule has 0 fully saturated rings. The van der Waals surface area contributed by atoms with Gasteiger partial charge in [0.25, 0.3) is 0 Å². The van der Waals surface area contributed by atoms with Crippen LogP contribution in [0, 0.1) is 0 Å². The molecule has 0 radical (unpaired) electrons. The van der Waals surface area contributed by atoms with Crippen LogP contribution in [0.1, 0.15) is 13.8 Å². The maximum Gasteiger partial charge on any atom is 0.347 e. The molecule has 0 aromatic rings. The normalized spacial score (nSPS) is 13.1. The van der Waals surface area contributed by atoms with Crippen LogP contribution in [0.5, 0.6) is 0 Å². The van der Waals surface area contributed by atoms with Crippen molar-refractivity contribution in [3.63, 3.8) is 0 Å². The van der Waals surface area contributed by atoms with Gasteiger partial charge < -0.3 is 8.85 Å². The third-order valence-electron chi connectivity index (χ3n) is 1.42. The molecule has 0 unspecified atom stereocenters. The minimum atomic E-state index is -1.48. The van der Waals surface area contributed by atoms with E-state index in [4.69, 9.17) is 8.85 Å². The summed E-state index contributed by atoms with van der Waals surface area (Å²) in [6.45, 7) is 12.5. The van der Waals surface area contributed by atoms with Crippen LogP contribution in [0.15, 0.2) is 11.4 Å². The highest BCUT2D eigenvalue weighted by atomic mass is 28.3. The molecule has 78 valence electrons. The molecule has 0 saturated heterocycles. The van der Waals surface area contributed by atoms with Gasteiger partial charge in [-0.25, -0.2) is 0 Å². The lowest BCUT2D eigenvalue weighted by atomic mass is 10.9. The second-order valence-electron chi connectivity index (χ2n) is 4.00. The van der Waals surface area contributed by atoms with Crippen molar-refractivity contribution in [3.05, 3.63) is 11.4 Å². The van der Waals surface area contributed by atoms with Gasteiger partial charge in [-0.15, -0.1) is 0 Å². The van der Waals surface area contributed by atoms with Crippen LogP contribution >= 0.6 is 0 Å². The lowest BCUT2D eigenvalue weighted by molar-refractivity contribution is 0.224. The summed E-state index contributed by atoms with van der Waals surface area (Å²) in [4.78, 5) is 0. The summed E-state index contributed by atoms with van der Waals surface area (Å²) in [6, 6.07) is 0. The molecule has 0 aliphatic carbocycles. The molecule has 0 spiro atoms. The molecule has 0 heterocycles. The van der Waals surface area contributed by atoms with Gasteiger partial charge in [0, 0.05) is 13.2 Å². The van der Waals surface area contributed by atoms with E-state index in [9.17, 15) is 0 Å². The SMILES string of the molecule is CCO[SiH](/C=C/[Si](C)(C)C)OCC. The van der Waals surface area contributed by atoms with Gasteiger partial charge in [-0.1, -0.05) is 31.0 Å². The van der Waals surface area contributed by atoms with Crippen LogP contribution < -0.4 is 0 Å². The molecule has 0 bridgehead atoms. The predicted molar refractivity (Wildman–Crippen MR) is 62.9 cm³/mol. The second-order valence-corrected chi connectivity index (χ2v) is 10.9. The third-order valence-corrected chi connectivity index (χ3v) is 4.82. The van der Waals surface area contributed by atoms with Crippen LogP contribution in [0.2, 0.25) is 19.6 Å². The Hall–Kier alpha value is 0.0938. The Morgan fingerprint density at radius 1 is 1.08 bits per heavy atom. The maximum absolute atomic E-state index is 5.53. The lowest BCUT2D eigenvalue weighted by Crippen LogP contribution is -2.24. The fourth-order valence-electron chi connectivity index (χ4n) is 0.855. The molecule has 0 N–H and O–H groups in total. The Morgan fingerprint density at radius 2 is 1.54 bits per heavy atom. The zero-order valence-electron chi connectivity index (χ0n) is 9.46. The van der Waals surface area contributed by atoms with Crippen LogP contribution in [-0.4, -0.2) is 30.6 Å². The number of hydrogen-bond acceptors (Lipinski definition) is 2. The van der Waals surface area contributed by atoms with Crippen LogP contribution in [0.3, 0.4) is 0 Å². The molecule has 0 rings (SSSR count). The van der Waals surface area contributed by atoms with Crippen molar-refractivity contribution in [2.45, 2.75) is 33.5 Å². The molecule has 0 atom stereocenters. The molecule has 4 heteroatoms. The third kappa shape index (κ3) is 8.42. The summed E-state index contributed by atoms with van der Waals surface area (Å²) in [5.74, 6) is 0. The standard InChI is InChI=1S/C9H22O2Si2/c1-6-10-12(11-7-2)8-9-13(3,4)5/h8-9,12H,6-7H2,1-5H3/b9-8+. The van der Waals surface area contributed by atoms with Crippen molar-refractivity contribution in [1.82, 2.24) is 0 Å². The summed E-state index contributed by atoms with van der Waals surface area (Å²) in [5.41, 5.74) is 4.49. The van der Waals surface area contributed by atoms with Crippen molar-refractivity contribution in [2.24, 2.45) is 0 Å². The van der Waals surface area contributed by atoms with Crippen molar-refractivity contribution >= 4 is 17.4 Å². The lowest BCUT2D eigenvalue weighted by Gasteiger charge is -2.13. The van der Waals surface area contributed by atoms with E-state index in [0.717, 1.165) is 13.2 Å². The van der Waals surface area contributed by atoms with Crippen LogP contribution in [0.25, 0.3) is 0 Å². The zero-order valence-corrected chi connectivity index (χ0v) is 11.6. The summed E-state index contributed by atoms with van der Waals surface area (Å²) >= 11 is 0. The monoisotopic (exact) mass is 218 g/mol. The van der Waals surface area contributed by atoms with E-state index in [2.05, 4.69) is 31.0 Å². The number of rotatable bonds is 6. The van der Waals surface area contributed by atoms with Crippen molar-refractivity contribution in [1.29, 1.82) is 0 Å². The molecular weight excluding hydrogens is 196 g/mol. The quantitative estimate of drug-likeness (QED) is 0.637. The van der Waals surface area contributed by atoms with E-state index in [0.29, 0.717) is 0 Å². The van der Waals surface area contributed by atoms with Gasteiger partial charge in [0.05, 0.1) is 8.07 Å². The largest absolute Gasteiger partial charge is 0.394 e. The van der Waals surface area contributed by atoms with E-state index < -0.39 is 17.4 Å². The van der Waals surface area contributed by atoms with Gasteiger partial charge >= 0.3 is 9.28 Å². The minimum Gasteiger partial charge on any atom is -0.394 e.